The van der Waals surface area contributed by atoms with Gasteiger partial charge in [0.05, 0.1) is 11.4 Å². The number of ether oxygens (including phenoxy) is 1. The Morgan fingerprint density at radius 3 is 2.12 bits per heavy atom. The Labute approximate surface area is 191 Å². The smallest absolute Gasteiger partial charge is 0.132 e. The molecule has 0 aliphatic rings. The van der Waals surface area contributed by atoms with Crippen LogP contribution < -0.4 is 4.74 Å². The van der Waals surface area contributed by atoms with Crippen molar-refractivity contribution in [2.24, 2.45) is 0 Å². The molecule has 0 saturated carbocycles. The average Bonchev–Trinajstić information content (AvgIpc) is 2.82. The zero-order chi connectivity index (χ0) is 22.4. The highest BCUT2D eigenvalue weighted by molar-refractivity contribution is 5.73. The number of pyridine rings is 1. The Hall–Kier alpha value is -3.65. The maximum Gasteiger partial charge on any atom is 0.132 e. The third-order valence-electron chi connectivity index (χ3n) is 5.34. The van der Waals surface area contributed by atoms with Gasteiger partial charge in [-0.05, 0) is 40.8 Å². The van der Waals surface area contributed by atoms with Crippen LogP contribution in [-0.4, -0.2) is 4.98 Å². The minimum atomic E-state index is -0.0488. The highest BCUT2D eigenvalue weighted by atomic mass is 16.5. The molecule has 2 heteroatoms. The molecule has 160 valence electrons. The molecule has 2 nitrogen and oxygen atoms in total. The molecule has 0 aliphatic carbocycles. The Morgan fingerprint density at radius 2 is 1.41 bits per heavy atom. The molecule has 0 atom stereocenters. The third-order valence-corrected chi connectivity index (χ3v) is 5.34. The maximum absolute atomic E-state index is 6.45. The largest absolute Gasteiger partial charge is 0.488 e. The number of benzene rings is 3. The molecule has 0 unspecified atom stereocenters. The number of nitrogens with zero attached hydrogens (tertiary/aromatic N) is 1. The lowest BCUT2D eigenvalue weighted by Crippen LogP contribution is -2.14. The van der Waals surface area contributed by atoms with Gasteiger partial charge in [0.1, 0.15) is 12.4 Å². The fourth-order valence-electron chi connectivity index (χ4n) is 3.65. The van der Waals surface area contributed by atoms with Crippen LogP contribution in [0.1, 0.15) is 43.2 Å². The summed E-state index contributed by atoms with van der Waals surface area (Å²) >= 11 is 0. The predicted molar refractivity (Wildman–Crippen MR) is 135 cm³/mol. The van der Waals surface area contributed by atoms with Crippen molar-refractivity contribution in [1.82, 2.24) is 4.98 Å². The van der Waals surface area contributed by atoms with Crippen LogP contribution in [0.15, 0.2) is 97.1 Å². The van der Waals surface area contributed by atoms with Gasteiger partial charge in [-0.25, -0.2) is 4.98 Å². The van der Waals surface area contributed by atoms with E-state index in [1.54, 1.807) is 0 Å². The number of hydrogen-bond acceptors (Lipinski definition) is 2. The van der Waals surface area contributed by atoms with Crippen molar-refractivity contribution in [1.29, 1.82) is 0 Å². The van der Waals surface area contributed by atoms with Gasteiger partial charge in [0.15, 0.2) is 0 Å². The first-order valence-corrected chi connectivity index (χ1v) is 11.0. The molecular weight excluding hydrogens is 390 g/mol. The molecule has 0 amide bonds. The first-order chi connectivity index (χ1) is 15.5. The predicted octanol–water partition coefficient (Wildman–Crippen LogP) is 7.80. The Balaban J connectivity index is 1.70. The molecule has 1 heterocycles. The summed E-state index contributed by atoms with van der Waals surface area (Å²) in [6.07, 6.45) is 4.14. The van der Waals surface area contributed by atoms with Gasteiger partial charge in [-0.1, -0.05) is 106 Å². The second kappa shape index (κ2) is 9.65. The summed E-state index contributed by atoms with van der Waals surface area (Å²) in [6, 6.07) is 33.0. The number of para-hydroxylation sites is 1. The van der Waals surface area contributed by atoms with Gasteiger partial charge in [-0.2, -0.15) is 0 Å². The van der Waals surface area contributed by atoms with Crippen molar-refractivity contribution in [2.75, 3.05) is 0 Å². The molecule has 4 rings (SSSR count). The summed E-state index contributed by atoms with van der Waals surface area (Å²) in [5, 5.41) is 0. The van der Waals surface area contributed by atoms with Crippen molar-refractivity contribution in [3.05, 3.63) is 119 Å². The van der Waals surface area contributed by atoms with Crippen LogP contribution in [0.4, 0.5) is 0 Å². The van der Waals surface area contributed by atoms with Crippen molar-refractivity contribution >= 4 is 12.2 Å². The second-order valence-corrected chi connectivity index (χ2v) is 8.90. The molecule has 0 aliphatic heterocycles. The van der Waals surface area contributed by atoms with Crippen molar-refractivity contribution < 1.29 is 4.74 Å². The van der Waals surface area contributed by atoms with E-state index in [4.69, 9.17) is 9.72 Å². The molecule has 32 heavy (non-hydrogen) atoms. The summed E-state index contributed by atoms with van der Waals surface area (Å²) in [5.41, 5.74) is 6.28. The molecule has 3 aromatic carbocycles. The van der Waals surface area contributed by atoms with Gasteiger partial charge >= 0.3 is 0 Å². The quantitative estimate of drug-likeness (QED) is 0.318. The van der Waals surface area contributed by atoms with Crippen LogP contribution in [-0.2, 0) is 12.0 Å². The summed E-state index contributed by atoms with van der Waals surface area (Å²) in [5.74, 6) is 0.903. The van der Waals surface area contributed by atoms with E-state index in [-0.39, 0.29) is 5.41 Å². The second-order valence-electron chi connectivity index (χ2n) is 8.90. The van der Waals surface area contributed by atoms with Crippen LogP contribution in [0.5, 0.6) is 5.75 Å². The number of aromatic nitrogens is 1. The zero-order valence-electron chi connectivity index (χ0n) is 19.0. The summed E-state index contributed by atoms with van der Waals surface area (Å²) in [4.78, 5) is 4.93. The zero-order valence-corrected chi connectivity index (χ0v) is 19.0. The SMILES string of the molecule is CC(C)(C)c1cccc(-c2cccc(C=Cc3ccccc3)n2)c1OCc1ccccc1. The lowest BCUT2D eigenvalue weighted by atomic mass is 9.84. The fraction of sp³-hybridized carbons (Fsp3) is 0.167. The van der Waals surface area contributed by atoms with E-state index in [2.05, 4.69) is 87.5 Å². The minimum Gasteiger partial charge on any atom is -0.488 e. The van der Waals surface area contributed by atoms with Crippen molar-refractivity contribution in [3.8, 4) is 17.0 Å². The summed E-state index contributed by atoms with van der Waals surface area (Å²) < 4.78 is 6.45. The monoisotopic (exact) mass is 419 g/mol. The van der Waals surface area contributed by atoms with Crippen molar-refractivity contribution in [3.63, 3.8) is 0 Å². The number of hydrogen-bond donors (Lipinski definition) is 0. The Kier molecular flexibility index (Phi) is 6.51. The van der Waals surface area contributed by atoms with E-state index in [0.29, 0.717) is 6.61 Å². The Morgan fingerprint density at radius 1 is 0.719 bits per heavy atom. The Bertz CT molecular complexity index is 1190. The highest BCUT2D eigenvalue weighted by Crippen LogP contribution is 2.39. The molecule has 0 N–H and O–H groups in total. The van der Waals surface area contributed by atoms with Gasteiger partial charge in [0, 0.05) is 11.1 Å². The average molecular weight is 420 g/mol. The normalized spacial score (nSPS) is 11.6. The van der Waals surface area contributed by atoms with E-state index in [1.165, 1.54) is 5.56 Å². The maximum atomic E-state index is 6.45. The molecule has 0 bridgehead atoms. The topological polar surface area (TPSA) is 22.1 Å². The third kappa shape index (κ3) is 5.33. The van der Waals surface area contributed by atoms with Gasteiger partial charge in [0.25, 0.3) is 0 Å². The fourth-order valence-corrected chi connectivity index (χ4v) is 3.65. The van der Waals surface area contributed by atoms with Gasteiger partial charge in [-0.15, -0.1) is 0 Å². The molecule has 4 aromatic rings. The van der Waals surface area contributed by atoms with Crippen LogP contribution >= 0.6 is 0 Å². The first-order valence-electron chi connectivity index (χ1n) is 11.0. The first kappa shape index (κ1) is 21.6. The molecule has 0 spiro atoms. The van der Waals surface area contributed by atoms with Gasteiger partial charge in [-0.3, -0.25) is 0 Å². The van der Waals surface area contributed by atoms with Crippen LogP contribution in [0.2, 0.25) is 0 Å². The number of rotatable bonds is 6. The van der Waals surface area contributed by atoms with Crippen molar-refractivity contribution in [2.45, 2.75) is 32.8 Å². The van der Waals surface area contributed by atoms with E-state index < -0.39 is 0 Å². The standard InChI is InChI=1S/C30H29NO/c1-30(2,3)27-18-11-17-26(29(27)32-22-24-14-8-5-9-15-24)28-19-10-16-25(31-28)21-20-23-12-6-4-7-13-23/h4-21H,22H2,1-3H3. The van der Waals surface area contributed by atoms with Gasteiger partial charge in [0.2, 0.25) is 0 Å². The van der Waals surface area contributed by atoms with E-state index in [0.717, 1.165) is 33.8 Å². The highest BCUT2D eigenvalue weighted by Gasteiger charge is 2.22. The van der Waals surface area contributed by atoms with E-state index in [1.807, 2.05) is 42.5 Å². The van der Waals surface area contributed by atoms with Crippen LogP contribution in [0, 0.1) is 0 Å². The lowest BCUT2D eigenvalue weighted by Gasteiger charge is -2.25. The molecule has 0 radical (unpaired) electrons. The van der Waals surface area contributed by atoms with Gasteiger partial charge < -0.3 is 4.74 Å². The van der Waals surface area contributed by atoms with Crippen LogP contribution in [0.3, 0.4) is 0 Å². The molecule has 0 fully saturated rings. The van der Waals surface area contributed by atoms with E-state index >= 15 is 0 Å². The summed E-state index contributed by atoms with van der Waals surface area (Å²) in [7, 11) is 0. The van der Waals surface area contributed by atoms with Crippen LogP contribution in [0.25, 0.3) is 23.4 Å². The minimum absolute atomic E-state index is 0.0488. The molecule has 1 aromatic heterocycles. The van der Waals surface area contributed by atoms with E-state index in [9.17, 15) is 0 Å². The molecule has 0 saturated heterocycles. The molecular formula is C30H29NO. The summed E-state index contributed by atoms with van der Waals surface area (Å²) in [6.45, 7) is 7.17. The lowest BCUT2D eigenvalue weighted by molar-refractivity contribution is 0.299.